The van der Waals surface area contributed by atoms with E-state index in [0.29, 0.717) is 0 Å². The van der Waals surface area contributed by atoms with Crippen LogP contribution in [0.5, 0.6) is 0 Å². The molecule has 0 nitrogen and oxygen atoms in total. The van der Waals surface area contributed by atoms with Crippen molar-refractivity contribution in [2.24, 2.45) is 0 Å². The molecule has 0 aliphatic heterocycles. The van der Waals surface area contributed by atoms with Gasteiger partial charge in [-0.2, -0.15) is 0 Å². The van der Waals surface area contributed by atoms with Crippen LogP contribution < -0.4 is 0 Å². The first-order chi connectivity index (χ1) is 8.41. The van der Waals surface area contributed by atoms with Crippen molar-refractivity contribution < 1.29 is 0 Å². The molecule has 0 amide bonds. The van der Waals surface area contributed by atoms with Gasteiger partial charge in [0.15, 0.2) is 0 Å². The summed E-state index contributed by atoms with van der Waals surface area (Å²) >= 11 is 0. The molecule has 0 atom stereocenters. The van der Waals surface area contributed by atoms with E-state index >= 15 is 0 Å². The predicted molar refractivity (Wildman–Crippen MR) is 79.8 cm³/mol. The van der Waals surface area contributed by atoms with Crippen molar-refractivity contribution in [3.63, 3.8) is 0 Å². The largest absolute Gasteiger partial charge is 0.0882 e. The van der Waals surface area contributed by atoms with E-state index in [9.17, 15) is 0 Å². The second kappa shape index (κ2) is 15.5. The van der Waals surface area contributed by atoms with E-state index in [-0.39, 0.29) is 0 Å². The molecule has 2 radical (unpaired) electrons. The maximum absolute atomic E-state index is 3.86. The molecule has 0 aromatic carbocycles. The maximum Gasteiger partial charge on any atom is -0.0169 e. The number of hydrogen-bond acceptors (Lipinski definition) is 0. The summed E-state index contributed by atoms with van der Waals surface area (Å²) < 4.78 is 0. The smallest absolute Gasteiger partial charge is 0.0169 e. The molecule has 0 heteroatoms. The fourth-order valence-electron chi connectivity index (χ4n) is 1.74. The fourth-order valence-corrected chi connectivity index (χ4v) is 1.74. The molecule has 0 rings (SSSR count). The van der Waals surface area contributed by atoms with Gasteiger partial charge in [0.25, 0.3) is 0 Å². The average molecular weight is 234 g/mol. The first-order valence-electron chi connectivity index (χ1n) is 7.30. The highest BCUT2D eigenvalue weighted by molar-refractivity contribution is 4.92. The summed E-state index contributed by atoms with van der Waals surface area (Å²) in [5.41, 5.74) is 0. The minimum absolute atomic E-state index is 1.05. The van der Waals surface area contributed by atoms with Gasteiger partial charge in [0.05, 0.1) is 0 Å². The molecule has 0 aromatic heterocycles. The number of rotatable bonds is 12. The highest BCUT2D eigenvalue weighted by Crippen LogP contribution is 2.07. The zero-order valence-corrected chi connectivity index (χ0v) is 11.5. The Bertz CT molecular complexity index is 176. The van der Waals surface area contributed by atoms with Crippen LogP contribution in [-0.2, 0) is 0 Å². The first kappa shape index (κ1) is 16.5. The molecule has 0 fully saturated rings. The molecule has 0 aliphatic carbocycles. The number of unbranched alkanes of at least 4 members (excludes halogenated alkanes) is 8. The molecule has 98 valence electrons. The fraction of sp³-hybridized carbons (Fsp3) is 0.647. The van der Waals surface area contributed by atoms with Crippen LogP contribution in [-0.4, -0.2) is 0 Å². The van der Waals surface area contributed by atoms with Gasteiger partial charge in [0, 0.05) is 0 Å². The van der Waals surface area contributed by atoms with Crippen LogP contribution in [0.3, 0.4) is 0 Å². The highest BCUT2D eigenvalue weighted by Gasteiger charge is 1.87. The highest BCUT2D eigenvalue weighted by atomic mass is 13.9. The van der Waals surface area contributed by atoms with E-state index in [0.717, 1.165) is 19.3 Å². The predicted octanol–water partition coefficient (Wildman–Crippen LogP) is 6.06. The summed E-state index contributed by atoms with van der Waals surface area (Å²) in [5, 5.41) is 0. The summed E-state index contributed by atoms with van der Waals surface area (Å²) in [7, 11) is 0. The third-order valence-electron chi connectivity index (χ3n) is 2.85. The van der Waals surface area contributed by atoms with Gasteiger partial charge in [-0.05, 0) is 32.1 Å². The van der Waals surface area contributed by atoms with E-state index in [1.54, 1.807) is 0 Å². The molecular formula is C17H30. The van der Waals surface area contributed by atoms with Crippen LogP contribution in [0.15, 0.2) is 24.3 Å². The zero-order chi connectivity index (χ0) is 12.6. The van der Waals surface area contributed by atoms with Crippen molar-refractivity contribution in [2.45, 2.75) is 70.6 Å². The summed E-state index contributed by atoms with van der Waals surface area (Å²) in [5.74, 6) is 0. The van der Waals surface area contributed by atoms with Gasteiger partial charge in [-0.1, -0.05) is 76.7 Å². The molecule has 0 spiro atoms. The van der Waals surface area contributed by atoms with Crippen molar-refractivity contribution in [3.05, 3.63) is 38.2 Å². The Morgan fingerprint density at radius 2 is 1.06 bits per heavy atom. The van der Waals surface area contributed by atoms with E-state index in [2.05, 4.69) is 38.2 Å². The Morgan fingerprint density at radius 1 is 0.529 bits per heavy atom. The molecule has 0 saturated carbocycles. The second-order valence-electron chi connectivity index (χ2n) is 4.58. The molecule has 0 heterocycles. The third kappa shape index (κ3) is 15.5. The molecule has 0 unspecified atom stereocenters. The Balaban J connectivity index is 3.11. The van der Waals surface area contributed by atoms with Gasteiger partial charge in [-0.3, -0.25) is 0 Å². The average Bonchev–Trinajstić information content (AvgIpc) is 2.35. The Hall–Kier alpha value is -0.520. The van der Waals surface area contributed by atoms with E-state index in [1.807, 2.05) is 0 Å². The Morgan fingerprint density at radius 3 is 1.71 bits per heavy atom. The molecule has 0 N–H and O–H groups in total. The lowest BCUT2D eigenvalue weighted by atomic mass is 10.1. The van der Waals surface area contributed by atoms with E-state index in [4.69, 9.17) is 0 Å². The third-order valence-corrected chi connectivity index (χ3v) is 2.85. The molecule has 0 saturated heterocycles. The van der Waals surface area contributed by atoms with Crippen molar-refractivity contribution in [1.29, 1.82) is 0 Å². The standard InChI is InChI=1S/C17H30/c1-3-5-7-9-11-13-15-17-16-14-12-10-8-6-4-2/h9,11,15,17H,1-8,10,12-14,16H2. The second-order valence-corrected chi connectivity index (χ2v) is 4.58. The van der Waals surface area contributed by atoms with Crippen molar-refractivity contribution in [3.8, 4) is 0 Å². The monoisotopic (exact) mass is 234 g/mol. The molecule has 0 aliphatic rings. The van der Waals surface area contributed by atoms with Gasteiger partial charge >= 0.3 is 0 Å². The SMILES string of the molecule is [CH2]CCCC=CCC=CCCCCCCC[CH2]. The number of hydrogen-bond donors (Lipinski definition) is 0. The van der Waals surface area contributed by atoms with Crippen LogP contribution in [0.4, 0.5) is 0 Å². The quantitative estimate of drug-likeness (QED) is 0.284. The minimum Gasteiger partial charge on any atom is -0.0882 e. The van der Waals surface area contributed by atoms with E-state index < -0.39 is 0 Å². The van der Waals surface area contributed by atoms with Gasteiger partial charge in [0.2, 0.25) is 0 Å². The van der Waals surface area contributed by atoms with Crippen LogP contribution in [0.2, 0.25) is 0 Å². The van der Waals surface area contributed by atoms with Crippen LogP contribution in [0.1, 0.15) is 70.6 Å². The molecule has 0 bridgehead atoms. The molecule has 0 aromatic rings. The zero-order valence-electron chi connectivity index (χ0n) is 11.5. The molecular weight excluding hydrogens is 204 g/mol. The molecule has 17 heavy (non-hydrogen) atoms. The topological polar surface area (TPSA) is 0 Å². The summed E-state index contributed by atoms with van der Waals surface area (Å²) in [4.78, 5) is 0. The first-order valence-corrected chi connectivity index (χ1v) is 7.30. The Labute approximate surface area is 109 Å². The summed E-state index contributed by atoms with van der Waals surface area (Å²) in [6, 6.07) is 0. The van der Waals surface area contributed by atoms with E-state index in [1.165, 1.54) is 51.4 Å². The Kier molecular flexibility index (Phi) is 15.0. The van der Waals surface area contributed by atoms with Gasteiger partial charge in [0.1, 0.15) is 0 Å². The van der Waals surface area contributed by atoms with Gasteiger partial charge in [-0.25, -0.2) is 0 Å². The normalized spacial score (nSPS) is 11.9. The van der Waals surface area contributed by atoms with Crippen molar-refractivity contribution in [1.82, 2.24) is 0 Å². The summed E-state index contributed by atoms with van der Waals surface area (Å²) in [6.45, 7) is 7.69. The lowest BCUT2D eigenvalue weighted by Gasteiger charge is -1.97. The van der Waals surface area contributed by atoms with Crippen LogP contribution in [0.25, 0.3) is 0 Å². The maximum atomic E-state index is 3.86. The summed E-state index contributed by atoms with van der Waals surface area (Å²) in [6.07, 6.45) is 22.8. The van der Waals surface area contributed by atoms with Crippen molar-refractivity contribution in [2.75, 3.05) is 0 Å². The minimum atomic E-state index is 1.05. The lowest BCUT2D eigenvalue weighted by molar-refractivity contribution is 0.621. The van der Waals surface area contributed by atoms with Crippen LogP contribution >= 0.6 is 0 Å². The lowest BCUT2D eigenvalue weighted by Crippen LogP contribution is -1.77. The van der Waals surface area contributed by atoms with Gasteiger partial charge in [-0.15, -0.1) is 0 Å². The number of allylic oxidation sites excluding steroid dienone is 4. The van der Waals surface area contributed by atoms with Crippen LogP contribution in [0, 0.1) is 13.8 Å². The van der Waals surface area contributed by atoms with Crippen molar-refractivity contribution >= 4 is 0 Å². The van der Waals surface area contributed by atoms with Gasteiger partial charge < -0.3 is 0 Å².